The predicted molar refractivity (Wildman–Crippen MR) is 136 cm³/mol. The first-order chi connectivity index (χ1) is 16.5. The summed E-state index contributed by atoms with van der Waals surface area (Å²) in [5.41, 5.74) is 0. The van der Waals surface area contributed by atoms with Crippen LogP contribution in [-0.2, 0) is 10.0 Å². The van der Waals surface area contributed by atoms with E-state index in [9.17, 15) is 8.42 Å². The second kappa shape index (κ2) is 9.84. The molecule has 1 aromatic heterocycles. The summed E-state index contributed by atoms with van der Waals surface area (Å²) in [5, 5.41) is 2.60. The lowest BCUT2D eigenvalue weighted by Gasteiger charge is -2.10. The standard InChI is InChI=1S/C25H18N4O2S3/c30-34(31,22-16-15-18-9-7-8-10-19(18)17-22)29-23-26-24(32-20-11-3-1-4-12-20)28-25(27-23)33-21-13-5-2-6-14-21/h1-17H,(H,26,27,28,29). The lowest BCUT2D eigenvalue weighted by Crippen LogP contribution is -2.16. The van der Waals surface area contributed by atoms with Gasteiger partial charge in [-0.15, -0.1) is 0 Å². The number of benzene rings is 4. The van der Waals surface area contributed by atoms with Gasteiger partial charge in [-0.05, 0) is 70.7 Å². The van der Waals surface area contributed by atoms with Crippen molar-refractivity contribution in [2.75, 3.05) is 4.72 Å². The Balaban J connectivity index is 1.49. The fourth-order valence-corrected chi connectivity index (χ4v) is 5.75. The van der Waals surface area contributed by atoms with E-state index in [1.54, 1.807) is 18.2 Å². The molecular weight excluding hydrogens is 485 g/mol. The summed E-state index contributed by atoms with van der Waals surface area (Å²) in [7, 11) is -3.91. The quantitative estimate of drug-likeness (QED) is 0.287. The molecule has 0 saturated heterocycles. The Labute approximate surface area is 206 Å². The van der Waals surface area contributed by atoms with Crippen molar-refractivity contribution in [3.05, 3.63) is 103 Å². The first-order valence-electron chi connectivity index (χ1n) is 10.3. The zero-order valence-corrected chi connectivity index (χ0v) is 20.1. The number of hydrogen-bond donors (Lipinski definition) is 1. The number of rotatable bonds is 7. The van der Waals surface area contributed by atoms with Crippen LogP contribution in [0.1, 0.15) is 0 Å². The van der Waals surface area contributed by atoms with Gasteiger partial charge in [0, 0.05) is 9.79 Å². The second-order valence-electron chi connectivity index (χ2n) is 7.17. The predicted octanol–water partition coefficient (Wildman–Crippen LogP) is 6.13. The second-order valence-corrected chi connectivity index (χ2v) is 10.9. The third-order valence-electron chi connectivity index (χ3n) is 4.76. The largest absolute Gasteiger partial charge is 0.264 e. The Morgan fingerprint density at radius 3 is 1.71 bits per heavy atom. The number of anilines is 1. The van der Waals surface area contributed by atoms with Gasteiger partial charge in [-0.25, -0.2) is 13.1 Å². The van der Waals surface area contributed by atoms with E-state index in [0.717, 1.165) is 20.6 Å². The van der Waals surface area contributed by atoms with E-state index < -0.39 is 10.0 Å². The molecule has 0 spiro atoms. The summed E-state index contributed by atoms with van der Waals surface area (Å²) < 4.78 is 28.9. The maximum Gasteiger partial charge on any atom is 0.264 e. The van der Waals surface area contributed by atoms with Crippen LogP contribution in [-0.4, -0.2) is 23.4 Å². The van der Waals surface area contributed by atoms with E-state index in [0.29, 0.717) is 10.3 Å². The van der Waals surface area contributed by atoms with Crippen molar-refractivity contribution < 1.29 is 8.42 Å². The summed E-state index contributed by atoms with van der Waals surface area (Å²) in [5.74, 6) is -0.0278. The number of fused-ring (bicyclic) bond motifs is 1. The van der Waals surface area contributed by atoms with E-state index in [1.807, 2.05) is 84.9 Å². The lowest BCUT2D eigenvalue weighted by molar-refractivity contribution is 0.600. The van der Waals surface area contributed by atoms with Crippen LogP contribution >= 0.6 is 23.5 Å². The Morgan fingerprint density at radius 2 is 1.12 bits per heavy atom. The smallest absolute Gasteiger partial charge is 0.247 e. The highest BCUT2D eigenvalue weighted by molar-refractivity contribution is 7.99. The number of hydrogen-bond acceptors (Lipinski definition) is 7. The number of nitrogens with zero attached hydrogens (tertiary/aromatic N) is 3. The molecule has 0 amide bonds. The average Bonchev–Trinajstić information content (AvgIpc) is 2.84. The van der Waals surface area contributed by atoms with Crippen LogP contribution < -0.4 is 4.72 Å². The maximum absolute atomic E-state index is 13.2. The van der Waals surface area contributed by atoms with Crippen LogP contribution in [0.15, 0.2) is 128 Å². The molecule has 4 aromatic carbocycles. The highest BCUT2D eigenvalue weighted by Gasteiger charge is 2.18. The first-order valence-corrected chi connectivity index (χ1v) is 13.4. The van der Waals surface area contributed by atoms with Crippen LogP contribution in [0.5, 0.6) is 0 Å². The molecule has 0 bridgehead atoms. The molecule has 0 saturated carbocycles. The molecule has 5 aromatic rings. The molecule has 1 N–H and O–H groups in total. The Hall–Kier alpha value is -3.40. The van der Waals surface area contributed by atoms with Crippen molar-refractivity contribution >= 4 is 50.3 Å². The van der Waals surface area contributed by atoms with E-state index in [4.69, 9.17) is 0 Å². The normalized spacial score (nSPS) is 11.4. The average molecular weight is 503 g/mol. The van der Waals surface area contributed by atoms with Gasteiger partial charge in [0.2, 0.25) is 5.95 Å². The third-order valence-corrected chi connectivity index (χ3v) is 7.83. The van der Waals surface area contributed by atoms with Gasteiger partial charge < -0.3 is 0 Å². The molecule has 5 rings (SSSR count). The minimum Gasteiger partial charge on any atom is -0.247 e. The molecule has 0 aliphatic carbocycles. The first kappa shape index (κ1) is 22.4. The molecule has 34 heavy (non-hydrogen) atoms. The fraction of sp³-hybridized carbons (Fsp3) is 0. The molecule has 0 atom stereocenters. The molecule has 0 unspecified atom stereocenters. The van der Waals surface area contributed by atoms with Crippen molar-refractivity contribution in [1.29, 1.82) is 0 Å². The van der Waals surface area contributed by atoms with E-state index >= 15 is 0 Å². The summed E-state index contributed by atoms with van der Waals surface area (Å²) in [6.07, 6.45) is 0. The molecule has 0 aliphatic heterocycles. The van der Waals surface area contributed by atoms with Crippen LogP contribution in [0.4, 0.5) is 5.95 Å². The number of sulfonamides is 1. The topological polar surface area (TPSA) is 84.8 Å². The Bertz CT molecular complexity index is 1490. The molecular formula is C25H18N4O2S3. The zero-order valence-electron chi connectivity index (χ0n) is 17.7. The van der Waals surface area contributed by atoms with Crippen LogP contribution in [0.25, 0.3) is 10.8 Å². The molecule has 0 fully saturated rings. The number of nitrogens with one attached hydrogen (secondary N) is 1. The molecule has 1 heterocycles. The van der Waals surface area contributed by atoms with Crippen molar-refractivity contribution in [3.63, 3.8) is 0 Å². The van der Waals surface area contributed by atoms with Crippen molar-refractivity contribution in [2.45, 2.75) is 25.0 Å². The van der Waals surface area contributed by atoms with Gasteiger partial charge >= 0.3 is 0 Å². The minimum absolute atomic E-state index is 0.0278. The van der Waals surface area contributed by atoms with Crippen LogP contribution in [0.3, 0.4) is 0 Å². The third kappa shape index (κ3) is 5.39. The van der Waals surface area contributed by atoms with Gasteiger partial charge in [0.1, 0.15) is 0 Å². The highest BCUT2D eigenvalue weighted by Crippen LogP contribution is 2.30. The van der Waals surface area contributed by atoms with E-state index in [1.165, 1.54) is 23.5 Å². The Kier molecular flexibility index (Phi) is 6.48. The van der Waals surface area contributed by atoms with Crippen molar-refractivity contribution in [1.82, 2.24) is 15.0 Å². The lowest BCUT2D eigenvalue weighted by atomic mass is 10.1. The van der Waals surface area contributed by atoms with E-state index in [-0.39, 0.29) is 10.8 Å². The molecule has 0 aliphatic rings. The Morgan fingerprint density at radius 1 is 0.588 bits per heavy atom. The molecule has 9 heteroatoms. The van der Waals surface area contributed by atoms with Gasteiger partial charge in [0.15, 0.2) is 10.3 Å². The summed E-state index contributed by atoms with van der Waals surface area (Å²) in [6.45, 7) is 0. The minimum atomic E-state index is -3.91. The molecule has 6 nitrogen and oxygen atoms in total. The van der Waals surface area contributed by atoms with Crippen molar-refractivity contribution in [2.24, 2.45) is 0 Å². The SMILES string of the molecule is O=S(=O)(Nc1nc(Sc2ccccc2)nc(Sc2ccccc2)n1)c1ccc2ccccc2c1. The fourth-order valence-electron chi connectivity index (χ4n) is 3.18. The maximum atomic E-state index is 13.2. The van der Waals surface area contributed by atoms with Gasteiger partial charge in [0.25, 0.3) is 10.0 Å². The van der Waals surface area contributed by atoms with Gasteiger partial charge in [-0.2, -0.15) is 15.0 Å². The number of aromatic nitrogens is 3. The van der Waals surface area contributed by atoms with Crippen LogP contribution in [0, 0.1) is 0 Å². The van der Waals surface area contributed by atoms with Gasteiger partial charge in [0.05, 0.1) is 4.90 Å². The molecule has 0 radical (unpaired) electrons. The van der Waals surface area contributed by atoms with Gasteiger partial charge in [-0.1, -0.05) is 66.7 Å². The zero-order chi connectivity index (χ0) is 23.4. The van der Waals surface area contributed by atoms with Crippen LogP contribution in [0.2, 0.25) is 0 Å². The van der Waals surface area contributed by atoms with E-state index in [2.05, 4.69) is 19.7 Å². The van der Waals surface area contributed by atoms with Crippen molar-refractivity contribution in [3.8, 4) is 0 Å². The monoisotopic (exact) mass is 502 g/mol. The summed E-state index contributed by atoms with van der Waals surface area (Å²) >= 11 is 2.68. The van der Waals surface area contributed by atoms with Gasteiger partial charge in [-0.3, -0.25) is 0 Å². The summed E-state index contributed by atoms with van der Waals surface area (Å²) in [6, 6.07) is 31.9. The molecule has 168 valence electrons. The highest BCUT2D eigenvalue weighted by atomic mass is 32.2. The summed E-state index contributed by atoms with van der Waals surface area (Å²) in [4.78, 5) is 15.3.